The Balaban J connectivity index is 2.74. The van der Waals surface area contributed by atoms with Crippen LogP contribution in [-0.4, -0.2) is 11.1 Å². The fourth-order valence-electron chi connectivity index (χ4n) is 0.793. The topological polar surface area (TPSA) is 41.2 Å². The second-order valence-electron chi connectivity index (χ2n) is 2.44. The van der Waals surface area contributed by atoms with Crippen molar-refractivity contribution in [1.82, 2.24) is 0 Å². The van der Waals surface area contributed by atoms with Crippen LogP contribution in [0, 0.1) is 6.92 Å². The van der Waals surface area contributed by atoms with Gasteiger partial charge in [0.15, 0.2) is 12.4 Å². The first-order chi connectivity index (χ1) is 5.18. The van der Waals surface area contributed by atoms with Crippen LogP contribution in [0.5, 0.6) is 0 Å². The second-order valence-corrected chi connectivity index (χ2v) is 2.44. The number of aromatic nitrogens is 1. The minimum Gasteiger partial charge on any atom is -0.477 e. The third-order valence-corrected chi connectivity index (χ3v) is 1.38. The summed E-state index contributed by atoms with van der Waals surface area (Å²) >= 11 is 0. The number of hydrogen-bond acceptors (Lipinski definition) is 1. The Labute approximate surface area is 64.9 Å². The Hall–Kier alpha value is -1.38. The fraction of sp³-hybridized carbons (Fsp3) is 0.250. The predicted octanol–water partition coefficient (Wildman–Crippen LogP) is 0.367. The monoisotopic (exact) mass is 152 g/mol. The second kappa shape index (κ2) is 3.14. The molecular formula is C8H10NO2+. The minimum atomic E-state index is -0.821. The minimum absolute atomic E-state index is 0.0281. The largest absolute Gasteiger partial charge is 0.477 e. The molecule has 1 heterocycles. The summed E-state index contributed by atoms with van der Waals surface area (Å²) in [5, 5.41) is 8.42. The van der Waals surface area contributed by atoms with Gasteiger partial charge in [0.1, 0.15) is 0 Å². The van der Waals surface area contributed by atoms with Crippen LogP contribution in [0.1, 0.15) is 5.56 Å². The number of rotatable bonds is 2. The maximum absolute atomic E-state index is 10.2. The maximum Gasteiger partial charge on any atom is 0.370 e. The highest BCUT2D eigenvalue weighted by Crippen LogP contribution is 1.89. The average Bonchev–Trinajstić information content (AvgIpc) is 1.93. The van der Waals surface area contributed by atoms with Crippen LogP contribution >= 0.6 is 0 Å². The van der Waals surface area contributed by atoms with Gasteiger partial charge in [-0.2, -0.15) is 4.57 Å². The molecule has 0 radical (unpaired) electrons. The Morgan fingerprint density at radius 3 is 2.55 bits per heavy atom. The van der Waals surface area contributed by atoms with Crippen LogP contribution in [0.3, 0.4) is 0 Å². The lowest BCUT2D eigenvalue weighted by Gasteiger charge is -1.91. The van der Waals surface area contributed by atoms with Crippen LogP contribution in [0.25, 0.3) is 0 Å². The van der Waals surface area contributed by atoms with E-state index in [0.717, 1.165) is 5.56 Å². The summed E-state index contributed by atoms with van der Waals surface area (Å²) in [4.78, 5) is 10.2. The lowest BCUT2D eigenvalue weighted by Crippen LogP contribution is -2.36. The molecule has 11 heavy (non-hydrogen) atoms. The Bertz CT molecular complexity index is 253. The Morgan fingerprint density at radius 2 is 2.09 bits per heavy atom. The van der Waals surface area contributed by atoms with Gasteiger partial charge >= 0.3 is 5.97 Å². The Kier molecular flexibility index (Phi) is 2.21. The quantitative estimate of drug-likeness (QED) is 0.622. The van der Waals surface area contributed by atoms with Gasteiger partial charge in [0.25, 0.3) is 0 Å². The number of pyridine rings is 1. The lowest BCUT2D eigenvalue weighted by molar-refractivity contribution is -0.685. The number of aliphatic carboxylic acids is 1. The van der Waals surface area contributed by atoms with Crippen molar-refractivity contribution in [2.45, 2.75) is 13.5 Å². The molecule has 0 aromatic carbocycles. The van der Waals surface area contributed by atoms with Crippen LogP contribution in [-0.2, 0) is 11.3 Å². The molecule has 1 aromatic rings. The van der Waals surface area contributed by atoms with Crippen molar-refractivity contribution in [3.63, 3.8) is 0 Å². The van der Waals surface area contributed by atoms with Gasteiger partial charge in [-0.1, -0.05) is 0 Å². The molecule has 1 rings (SSSR count). The van der Waals surface area contributed by atoms with Crippen molar-refractivity contribution in [3.8, 4) is 0 Å². The lowest BCUT2D eigenvalue weighted by atomic mass is 10.3. The molecule has 58 valence electrons. The zero-order valence-corrected chi connectivity index (χ0v) is 6.32. The highest BCUT2D eigenvalue weighted by atomic mass is 16.4. The number of carboxylic acids is 1. The van der Waals surface area contributed by atoms with Crippen LogP contribution in [0.4, 0.5) is 0 Å². The molecule has 0 spiro atoms. The number of nitrogens with zero attached hydrogens (tertiary/aromatic N) is 1. The van der Waals surface area contributed by atoms with E-state index in [-0.39, 0.29) is 6.54 Å². The molecule has 0 saturated heterocycles. The molecule has 3 heteroatoms. The van der Waals surface area contributed by atoms with Crippen LogP contribution in [0.2, 0.25) is 0 Å². The van der Waals surface area contributed by atoms with Crippen molar-refractivity contribution in [2.75, 3.05) is 0 Å². The summed E-state index contributed by atoms with van der Waals surface area (Å²) < 4.78 is 1.62. The smallest absolute Gasteiger partial charge is 0.370 e. The molecule has 0 amide bonds. The van der Waals surface area contributed by atoms with Gasteiger partial charge in [-0.3, -0.25) is 0 Å². The molecule has 0 atom stereocenters. The van der Waals surface area contributed by atoms with Crippen LogP contribution < -0.4 is 4.57 Å². The van der Waals surface area contributed by atoms with Gasteiger partial charge in [-0.25, -0.2) is 4.79 Å². The van der Waals surface area contributed by atoms with Crippen molar-refractivity contribution < 1.29 is 14.5 Å². The summed E-state index contributed by atoms with van der Waals surface area (Å²) in [6, 6.07) is 3.76. The molecule has 0 fully saturated rings. The zero-order chi connectivity index (χ0) is 8.27. The number of carboxylic acid groups (broad SMARTS) is 1. The number of hydrogen-bond donors (Lipinski definition) is 1. The summed E-state index contributed by atoms with van der Waals surface area (Å²) in [7, 11) is 0. The fourth-order valence-corrected chi connectivity index (χ4v) is 0.793. The van der Waals surface area contributed by atoms with E-state index in [1.807, 2.05) is 19.1 Å². The predicted molar refractivity (Wildman–Crippen MR) is 39.0 cm³/mol. The Morgan fingerprint density at radius 1 is 1.55 bits per heavy atom. The molecule has 0 bridgehead atoms. The van der Waals surface area contributed by atoms with E-state index in [1.54, 1.807) is 17.0 Å². The van der Waals surface area contributed by atoms with Crippen molar-refractivity contribution in [3.05, 3.63) is 30.1 Å². The summed E-state index contributed by atoms with van der Waals surface area (Å²) in [6.07, 6.45) is 3.51. The third-order valence-electron chi connectivity index (χ3n) is 1.38. The molecule has 0 aliphatic carbocycles. The molecule has 0 aliphatic rings. The van der Waals surface area contributed by atoms with E-state index in [9.17, 15) is 4.79 Å². The van der Waals surface area contributed by atoms with Gasteiger partial charge in [-0.15, -0.1) is 0 Å². The zero-order valence-electron chi connectivity index (χ0n) is 6.32. The molecule has 1 aromatic heterocycles. The number of carbonyl (C=O) groups is 1. The van der Waals surface area contributed by atoms with Crippen molar-refractivity contribution in [2.24, 2.45) is 0 Å². The first kappa shape index (κ1) is 7.72. The van der Waals surface area contributed by atoms with Gasteiger partial charge in [0.05, 0.1) is 0 Å². The van der Waals surface area contributed by atoms with Crippen molar-refractivity contribution in [1.29, 1.82) is 0 Å². The van der Waals surface area contributed by atoms with E-state index in [0.29, 0.717) is 0 Å². The van der Waals surface area contributed by atoms with Gasteiger partial charge < -0.3 is 5.11 Å². The number of aryl methyl sites for hydroxylation is 1. The highest BCUT2D eigenvalue weighted by Gasteiger charge is 2.04. The molecule has 0 aliphatic heterocycles. The molecule has 1 N–H and O–H groups in total. The normalized spacial score (nSPS) is 9.55. The van der Waals surface area contributed by atoms with Crippen molar-refractivity contribution >= 4 is 5.97 Å². The van der Waals surface area contributed by atoms with E-state index >= 15 is 0 Å². The van der Waals surface area contributed by atoms with E-state index in [4.69, 9.17) is 5.11 Å². The SMILES string of the molecule is Cc1cc[n+](CC(=O)O)cc1. The molecule has 0 unspecified atom stereocenters. The van der Waals surface area contributed by atoms with E-state index < -0.39 is 5.97 Å². The standard InChI is InChI=1S/C8H9NO2/c1-7-2-4-9(5-3-7)6-8(10)11/h2-5H,6H2,1H3/p+1. The molecular weight excluding hydrogens is 142 g/mol. The van der Waals surface area contributed by atoms with Crippen LogP contribution in [0.15, 0.2) is 24.5 Å². The maximum atomic E-state index is 10.2. The van der Waals surface area contributed by atoms with Gasteiger partial charge in [0, 0.05) is 12.1 Å². The van der Waals surface area contributed by atoms with E-state index in [2.05, 4.69) is 0 Å². The van der Waals surface area contributed by atoms with Gasteiger partial charge in [0.2, 0.25) is 6.54 Å². The summed E-state index contributed by atoms with van der Waals surface area (Å²) in [5.41, 5.74) is 1.13. The molecule has 0 saturated carbocycles. The van der Waals surface area contributed by atoms with E-state index in [1.165, 1.54) is 0 Å². The van der Waals surface area contributed by atoms with Gasteiger partial charge in [-0.05, 0) is 12.5 Å². The molecule has 3 nitrogen and oxygen atoms in total. The summed E-state index contributed by atoms with van der Waals surface area (Å²) in [6.45, 7) is 1.99. The summed E-state index contributed by atoms with van der Waals surface area (Å²) in [5.74, 6) is -0.821. The first-order valence-corrected chi connectivity index (χ1v) is 3.36. The highest BCUT2D eigenvalue weighted by molar-refractivity contribution is 5.64. The third kappa shape index (κ3) is 2.37. The average molecular weight is 152 g/mol. The first-order valence-electron chi connectivity index (χ1n) is 3.36.